The van der Waals surface area contributed by atoms with Gasteiger partial charge in [0.05, 0.1) is 0 Å². The molecule has 0 radical (unpaired) electrons. The second-order valence-electron chi connectivity index (χ2n) is 3.80. The Kier molecular flexibility index (Phi) is 1.75. The Morgan fingerprint density at radius 1 is 1.56 bits per heavy atom. The molecule has 0 bridgehead atoms. The Morgan fingerprint density at radius 2 is 2.22 bits per heavy atom. The molecule has 1 rings (SSSR count). The first-order chi connectivity index (χ1) is 4.14. The first-order valence-corrected chi connectivity index (χ1v) is 7.01. The Balaban J connectivity index is 2.47. The molecule has 2 heteroatoms. The molecule has 1 aliphatic heterocycles. The van der Waals surface area contributed by atoms with Gasteiger partial charge in [-0.15, -0.1) is 0 Å². The van der Waals surface area contributed by atoms with Gasteiger partial charge in [0.2, 0.25) is 0 Å². The van der Waals surface area contributed by atoms with E-state index in [0.29, 0.717) is 5.92 Å². The molecular formula is C7H14OSi. The minimum atomic E-state index is -0.855. The van der Waals surface area contributed by atoms with Crippen LogP contribution in [0, 0.1) is 5.92 Å². The molecule has 0 aromatic heterocycles. The van der Waals surface area contributed by atoms with Gasteiger partial charge in [-0.3, -0.25) is 0 Å². The molecule has 1 fully saturated rings. The molecule has 0 amide bonds. The summed E-state index contributed by atoms with van der Waals surface area (Å²) in [4.78, 5) is 10.3. The van der Waals surface area contributed by atoms with Crippen molar-refractivity contribution >= 4 is 14.4 Å². The number of carbonyl (C=O) groups is 1. The molecule has 0 aliphatic carbocycles. The first kappa shape index (κ1) is 7.00. The molecule has 1 aliphatic rings. The monoisotopic (exact) mass is 142 g/mol. The predicted octanol–water partition coefficient (Wildman–Crippen LogP) is 1.91. The summed E-state index contributed by atoms with van der Waals surface area (Å²) in [5.74, 6) is 0.423. The first-order valence-electron chi connectivity index (χ1n) is 3.59. The Bertz CT molecular complexity index is 120. The van der Waals surface area contributed by atoms with Crippen LogP contribution in [0.15, 0.2) is 0 Å². The summed E-state index contributed by atoms with van der Waals surface area (Å²) < 4.78 is 0. The Hall–Kier alpha value is -0.113. The Labute approximate surface area is 57.5 Å². The lowest BCUT2D eigenvalue weighted by Crippen LogP contribution is -2.19. The smallest absolute Gasteiger partial charge is 0.122 e. The maximum absolute atomic E-state index is 10.3. The molecule has 52 valence electrons. The lowest BCUT2D eigenvalue weighted by Gasteiger charge is -2.11. The van der Waals surface area contributed by atoms with E-state index in [-0.39, 0.29) is 0 Å². The van der Waals surface area contributed by atoms with Crippen LogP contribution in [0.2, 0.25) is 25.2 Å². The molecule has 1 atom stereocenters. The summed E-state index contributed by atoms with van der Waals surface area (Å²) in [5, 5.41) is 0. The highest BCUT2D eigenvalue weighted by Gasteiger charge is 2.31. The quantitative estimate of drug-likeness (QED) is 0.404. The van der Waals surface area contributed by atoms with Crippen molar-refractivity contribution in [3.05, 3.63) is 0 Å². The zero-order chi connectivity index (χ0) is 6.91. The largest absolute Gasteiger partial charge is 0.303 e. The molecule has 9 heavy (non-hydrogen) atoms. The molecule has 0 aromatic carbocycles. The lowest BCUT2D eigenvalue weighted by atomic mass is 10.2. The summed E-state index contributed by atoms with van der Waals surface area (Å²) in [6.45, 7) is 4.74. The molecule has 0 N–H and O–H groups in total. The maximum Gasteiger partial charge on any atom is 0.122 e. The number of carbonyl (C=O) groups excluding carboxylic acids is 1. The van der Waals surface area contributed by atoms with Gasteiger partial charge in [0.1, 0.15) is 6.29 Å². The normalized spacial score (nSPS) is 32.4. The number of aldehydes is 1. The zero-order valence-corrected chi connectivity index (χ0v) is 7.18. The second kappa shape index (κ2) is 2.25. The molecule has 1 heterocycles. The van der Waals surface area contributed by atoms with E-state index in [0.717, 1.165) is 6.29 Å². The molecule has 1 saturated heterocycles. The zero-order valence-electron chi connectivity index (χ0n) is 6.18. The van der Waals surface area contributed by atoms with E-state index in [2.05, 4.69) is 13.1 Å². The van der Waals surface area contributed by atoms with Gasteiger partial charge in [-0.05, 0) is 12.5 Å². The fourth-order valence-electron chi connectivity index (χ4n) is 1.61. The lowest BCUT2D eigenvalue weighted by molar-refractivity contribution is -0.110. The number of rotatable bonds is 1. The van der Waals surface area contributed by atoms with Crippen molar-refractivity contribution in [3.8, 4) is 0 Å². The number of hydrogen-bond donors (Lipinski definition) is 0. The van der Waals surface area contributed by atoms with Crippen LogP contribution in [0.4, 0.5) is 0 Å². The topological polar surface area (TPSA) is 17.1 Å². The van der Waals surface area contributed by atoms with Crippen molar-refractivity contribution in [2.24, 2.45) is 5.92 Å². The third-order valence-corrected chi connectivity index (χ3v) is 5.47. The van der Waals surface area contributed by atoms with Crippen LogP contribution in [0.3, 0.4) is 0 Å². The fraction of sp³-hybridized carbons (Fsp3) is 0.857. The van der Waals surface area contributed by atoms with E-state index in [1.54, 1.807) is 0 Å². The van der Waals surface area contributed by atoms with E-state index in [1.807, 2.05) is 0 Å². The summed E-state index contributed by atoms with van der Waals surface area (Å²) >= 11 is 0. The van der Waals surface area contributed by atoms with Gasteiger partial charge >= 0.3 is 0 Å². The van der Waals surface area contributed by atoms with Gasteiger partial charge in [0.15, 0.2) is 0 Å². The Morgan fingerprint density at radius 3 is 2.44 bits per heavy atom. The number of hydrogen-bond acceptors (Lipinski definition) is 1. The highest BCUT2D eigenvalue weighted by atomic mass is 28.3. The van der Waals surface area contributed by atoms with Crippen LogP contribution in [0.5, 0.6) is 0 Å². The van der Waals surface area contributed by atoms with Gasteiger partial charge in [-0.25, -0.2) is 0 Å². The van der Waals surface area contributed by atoms with Crippen LogP contribution in [0.1, 0.15) is 6.42 Å². The fourth-order valence-corrected chi connectivity index (χ4v) is 4.68. The van der Waals surface area contributed by atoms with Crippen LogP contribution >= 0.6 is 0 Å². The van der Waals surface area contributed by atoms with E-state index in [9.17, 15) is 4.79 Å². The minimum absolute atomic E-state index is 0.423. The predicted molar refractivity (Wildman–Crippen MR) is 41.3 cm³/mol. The highest BCUT2D eigenvalue weighted by molar-refractivity contribution is 6.78. The third kappa shape index (κ3) is 1.65. The van der Waals surface area contributed by atoms with Crippen molar-refractivity contribution in [3.63, 3.8) is 0 Å². The standard InChI is InChI=1S/C7H14OSi/c1-9(2)4-3-7(5-8)6-9/h5,7H,3-4,6H2,1-2H3. The minimum Gasteiger partial charge on any atom is -0.303 e. The summed E-state index contributed by atoms with van der Waals surface area (Å²) in [6.07, 6.45) is 2.31. The summed E-state index contributed by atoms with van der Waals surface area (Å²) in [6, 6.07) is 2.59. The van der Waals surface area contributed by atoms with Gasteiger partial charge in [-0.1, -0.05) is 19.1 Å². The molecule has 0 aromatic rings. The van der Waals surface area contributed by atoms with Gasteiger partial charge < -0.3 is 4.79 Å². The maximum atomic E-state index is 10.3. The van der Waals surface area contributed by atoms with Gasteiger partial charge in [0, 0.05) is 14.0 Å². The third-order valence-electron chi connectivity index (χ3n) is 2.20. The van der Waals surface area contributed by atoms with Gasteiger partial charge in [-0.2, -0.15) is 0 Å². The van der Waals surface area contributed by atoms with Crippen LogP contribution in [-0.2, 0) is 4.79 Å². The van der Waals surface area contributed by atoms with Crippen molar-refractivity contribution in [2.75, 3.05) is 0 Å². The summed E-state index contributed by atoms with van der Waals surface area (Å²) in [7, 11) is -0.855. The van der Waals surface area contributed by atoms with Crippen molar-refractivity contribution in [1.82, 2.24) is 0 Å². The molecule has 1 unspecified atom stereocenters. The second-order valence-corrected chi connectivity index (χ2v) is 9.04. The van der Waals surface area contributed by atoms with Crippen LogP contribution < -0.4 is 0 Å². The average molecular weight is 142 g/mol. The van der Waals surface area contributed by atoms with Crippen LogP contribution in [0.25, 0.3) is 0 Å². The van der Waals surface area contributed by atoms with Gasteiger partial charge in [0.25, 0.3) is 0 Å². The van der Waals surface area contributed by atoms with Crippen molar-refractivity contribution in [2.45, 2.75) is 31.6 Å². The molecular weight excluding hydrogens is 128 g/mol. The van der Waals surface area contributed by atoms with E-state index in [4.69, 9.17) is 0 Å². The van der Waals surface area contributed by atoms with E-state index in [1.165, 1.54) is 18.5 Å². The molecule has 1 nitrogen and oxygen atoms in total. The molecule has 0 saturated carbocycles. The van der Waals surface area contributed by atoms with E-state index >= 15 is 0 Å². The van der Waals surface area contributed by atoms with Crippen LogP contribution in [-0.4, -0.2) is 14.4 Å². The SMILES string of the molecule is C[Si]1(C)CCC(C=O)C1. The summed E-state index contributed by atoms with van der Waals surface area (Å²) in [5.41, 5.74) is 0. The highest BCUT2D eigenvalue weighted by Crippen LogP contribution is 2.33. The average Bonchev–Trinajstić information content (AvgIpc) is 2.10. The van der Waals surface area contributed by atoms with Crippen molar-refractivity contribution in [1.29, 1.82) is 0 Å². The van der Waals surface area contributed by atoms with E-state index < -0.39 is 8.07 Å². The van der Waals surface area contributed by atoms with Crippen molar-refractivity contribution < 1.29 is 4.79 Å². The molecule has 0 spiro atoms.